The van der Waals surface area contributed by atoms with E-state index in [1.165, 1.54) is 23.1 Å². The Kier molecular flexibility index (Phi) is 5.24. The van der Waals surface area contributed by atoms with Crippen molar-refractivity contribution in [3.8, 4) is 0 Å². The summed E-state index contributed by atoms with van der Waals surface area (Å²) in [4.78, 5) is 2.27. The summed E-state index contributed by atoms with van der Waals surface area (Å²) in [6, 6.07) is 6.51. The first-order chi connectivity index (χ1) is 9.91. The van der Waals surface area contributed by atoms with E-state index in [0.717, 1.165) is 26.2 Å². The highest BCUT2D eigenvalue weighted by Crippen LogP contribution is 2.23. The average Bonchev–Trinajstić information content (AvgIpc) is 2.44. The highest BCUT2D eigenvalue weighted by molar-refractivity contribution is 7.88. The Morgan fingerprint density at radius 3 is 2.38 bits per heavy atom. The van der Waals surface area contributed by atoms with E-state index in [9.17, 15) is 8.42 Å². The second kappa shape index (κ2) is 6.77. The van der Waals surface area contributed by atoms with Gasteiger partial charge in [-0.2, -0.15) is 4.31 Å². The van der Waals surface area contributed by atoms with Gasteiger partial charge in [-0.3, -0.25) is 0 Å². The van der Waals surface area contributed by atoms with Gasteiger partial charge in [-0.05, 0) is 30.7 Å². The predicted octanol–water partition coefficient (Wildman–Crippen LogP) is 1.19. The second-order valence-electron chi connectivity index (χ2n) is 5.55. The van der Waals surface area contributed by atoms with E-state index in [1.807, 2.05) is 0 Å². The minimum atomic E-state index is -3.06. The van der Waals surface area contributed by atoms with Crippen molar-refractivity contribution in [1.29, 1.82) is 0 Å². The van der Waals surface area contributed by atoms with Crippen LogP contribution in [-0.4, -0.2) is 51.7 Å². The largest absolute Gasteiger partial charge is 0.369 e. The first-order valence-corrected chi connectivity index (χ1v) is 9.27. The maximum atomic E-state index is 11.5. The molecule has 0 spiro atoms. The van der Waals surface area contributed by atoms with Gasteiger partial charge in [0, 0.05) is 38.4 Å². The van der Waals surface area contributed by atoms with Crippen molar-refractivity contribution in [1.82, 2.24) is 9.62 Å². The van der Waals surface area contributed by atoms with Crippen LogP contribution in [0.5, 0.6) is 0 Å². The molecule has 1 aliphatic rings. The minimum absolute atomic E-state index is 0.567. The smallest absolute Gasteiger partial charge is 0.211 e. The molecule has 118 valence electrons. The molecular formula is C15H25N3O2S. The van der Waals surface area contributed by atoms with Gasteiger partial charge in [-0.1, -0.05) is 19.1 Å². The van der Waals surface area contributed by atoms with Crippen LogP contribution in [0.4, 0.5) is 5.69 Å². The standard InChI is InChI=1S/C15H25N3O2S/c1-4-16-12-14-5-6-15(13(2)11-14)17-7-9-18(10-8-17)21(3,19)20/h5-6,11,16H,4,7-10,12H2,1-3H3. The number of hydrogen-bond donors (Lipinski definition) is 1. The average molecular weight is 311 g/mol. The Labute approximate surface area is 128 Å². The number of hydrogen-bond acceptors (Lipinski definition) is 4. The van der Waals surface area contributed by atoms with Gasteiger partial charge in [-0.15, -0.1) is 0 Å². The van der Waals surface area contributed by atoms with Gasteiger partial charge in [0.25, 0.3) is 0 Å². The summed E-state index contributed by atoms with van der Waals surface area (Å²) in [6.07, 6.45) is 1.28. The maximum Gasteiger partial charge on any atom is 0.211 e. The van der Waals surface area contributed by atoms with E-state index in [2.05, 4.69) is 42.3 Å². The van der Waals surface area contributed by atoms with Crippen LogP contribution in [0.3, 0.4) is 0 Å². The lowest BCUT2D eigenvalue weighted by Crippen LogP contribution is -2.48. The zero-order valence-corrected chi connectivity index (χ0v) is 13.9. The van der Waals surface area contributed by atoms with Crippen molar-refractivity contribution in [2.24, 2.45) is 0 Å². The number of aryl methyl sites for hydroxylation is 1. The molecule has 0 amide bonds. The third-order valence-corrected chi connectivity index (χ3v) is 5.19. The Morgan fingerprint density at radius 1 is 1.19 bits per heavy atom. The first-order valence-electron chi connectivity index (χ1n) is 7.42. The normalized spacial score (nSPS) is 17.2. The van der Waals surface area contributed by atoms with E-state index in [4.69, 9.17) is 0 Å². The van der Waals surface area contributed by atoms with Crippen molar-refractivity contribution in [2.75, 3.05) is 43.9 Å². The Hall–Kier alpha value is -1.11. The quantitative estimate of drug-likeness (QED) is 0.887. The Balaban J connectivity index is 2.03. The molecule has 2 rings (SSSR count). The van der Waals surface area contributed by atoms with E-state index < -0.39 is 10.0 Å². The highest BCUT2D eigenvalue weighted by atomic mass is 32.2. The molecule has 21 heavy (non-hydrogen) atoms. The topological polar surface area (TPSA) is 52.6 Å². The van der Waals surface area contributed by atoms with Crippen LogP contribution in [0, 0.1) is 6.92 Å². The molecule has 1 heterocycles. The second-order valence-corrected chi connectivity index (χ2v) is 7.53. The summed E-state index contributed by atoms with van der Waals surface area (Å²) < 4.78 is 24.6. The molecule has 0 aromatic heterocycles. The number of piperazine rings is 1. The SMILES string of the molecule is CCNCc1ccc(N2CCN(S(C)(=O)=O)CC2)c(C)c1. The molecule has 1 aromatic rings. The third kappa shape index (κ3) is 4.18. The van der Waals surface area contributed by atoms with Crippen LogP contribution in [0.15, 0.2) is 18.2 Å². The number of anilines is 1. The summed E-state index contributed by atoms with van der Waals surface area (Å²) in [6.45, 7) is 8.71. The molecule has 0 unspecified atom stereocenters. The molecule has 1 saturated heterocycles. The molecule has 1 aliphatic heterocycles. The molecule has 1 aromatic carbocycles. The summed E-state index contributed by atoms with van der Waals surface area (Å²) in [5.74, 6) is 0. The number of sulfonamides is 1. The molecule has 1 N–H and O–H groups in total. The van der Waals surface area contributed by atoms with Gasteiger partial charge in [-0.25, -0.2) is 8.42 Å². The van der Waals surface area contributed by atoms with Crippen molar-refractivity contribution in [2.45, 2.75) is 20.4 Å². The van der Waals surface area contributed by atoms with Crippen LogP contribution < -0.4 is 10.2 Å². The Bertz CT molecular complexity index is 579. The van der Waals surface area contributed by atoms with Crippen molar-refractivity contribution >= 4 is 15.7 Å². The van der Waals surface area contributed by atoms with Crippen LogP contribution in [0.25, 0.3) is 0 Å². The lowest BCUT2D eigenvalue weighted by Gasteiger charge is -2.35. The fourth-order valence-corrected chi connectivity index (χ4v) is 3.54. The number of nitrogens with zero attached hydrogens (tertiary/aromatic N) is 2. The zero-order valence-electron chi connectivity index (χ0n) is 13.1. The van der Waals surface area contributed by atoms with Crippen molar-refractivity contribution < 1.29 is 8.42 Å². The van der Waals surface area contributed by atoms with Gasteiger partial charge in [0.05, 0.1) is 6.26 Å². The molecular weight excluding hydrogens is 286 g/mol. The summed E-state index contributed by atoms with van der Waals surface area (Å²) >= 11 is 0. The van der Waals surface area contributed by atoms with Gasteiger partial charge in [0.2, 0.25) is 10.0 Å². The van der Waals surface area contributed by atoms with E-state index in [-0.39, 0.29) is 0 Å². The zero-order chi connectivity index (χ0) is 15.5. The minimum Gasteiger partial charge on any atom is -0.369 e. The lowest BCUT2D eigenvalue weighted by atomic mass is 10.1. The van der Waals surface area contributed by atoms with E-state index >= 15 is 0 Å². The van der Waals surface area contributed by atoms with Crippen LogP contribution >= 0.6 is 0 Å². The summed E-state index contributed by atoms with van der Waals surface area (Å²) in [5.41, 5.74) is 3.74. The maximum absolute atomic E-state index is 11.5. The molecule has 5 nitrogen and oxygen atoms in total. The monoisotopic (exact) mass is 311 g/mol. The van der Waals surface area contributed by atoms with Crippen LogP contribution in [-0.2, 0) is 16.6 Å². The number of nitrogens with one attached hydrogen (secondary N) is 1. The predicted molar refractivity (Wildman–Crippen MR) is 87.2 cm³/mol. The van der Waals surface area contributed by atoms with Crippen LogP contribution in [0.2, 0.25) is 0 Å². The lowest BCUT2D eigenvalue weighted by molar-refractivity contribution is 0.388. The molecule has 0 aliphatic carbocycles. The summed E-state index contributed by atoms with van der Waals surface area (Å²) in [7, 11) is -3.06. The van der Waals surface area contributed by atoms with Gasteiger partial charge in [0.1, 0.15) is 0 Å². The fourth-order valence-electron chi connectivity index (χ4n) is 2.71. The number of benzene rings is 1. The third-order valence-electron chi connectivity index (χ3n) is 3.89. The van der Waals surface area contributed by atoms with Crippen LogP contribution in [0.1, 0.15) is 18.1 Å². The van der Waals surface area contributed by atoms with E-state index in [0.29, 0.717) is 13.1 Å². The van der Waals surface area contributed by atoms with Crippen molar-refractivity contribution in [3.63, 3.8) is 0 Å². The fraction of sp³-hybridized carbons (Fsp3) is 0.600. The summed E-state index contributed by atoms with van der Waals surface area (Å²) in [5, 5.41) is 3.33. The Morgan fingerprint density at radius 2 is 1.86 bits per heavy atom. The molecule has 6 heteroatoms. The van der Waals surface area contributed by atoms with Gasteiger partial charge >= 0.3 is 0 Å². The number of rotatable bonds is 5. The molecule has 1 fully saturated rings. The molecule has 0 atom stereocenters. The van der Waals surface area contributed by atoms with Crippen molar-refractivity contribution in [3.05, 3.63) is 29.3 Å². The first kappa shape index (κ1) is 16.3. The molecule has 0 bridgehead atoms. The van der Waals surface area contributed by atoms with E-state index in [1.54, 1.807) is 4.31 Å². The molecule has 0 saturated carbocycles. The van der Waals surface area contributed by atoms with Gasteiger partial charge < -0.3 is 10.2 Å². The van der Waals surface area contributed by atoms with Gasteiger partial charge in [0.15, 0.2) is 0 Å². The highest BCUT2D eigenvalue weighted by Gasteiger charge is 2.24. The molecule has 0 radical (unpaired) electrons.